The van der Waals surface area contributed by atoms with Gasteiger partial charge in [0, 0.05) is 28.4 Å². The highest BCUT2D eigenvalue weighted by atomic mass is 32.2. The topological polar surface area (TPSA) is 57.1 Å². The molecule has 0 aliphatic heterocycles. The van der Waals surface area contributed by atoms with E-state index in [1.165, 1.54) is 31.2 Å². The Morgan fingerprint density at radius 3 is 2.48 bits per heavy atom. The molecule has 2 atom stereocenters. The zero-order chi connectivity index (χ0) is 21.6. The molecule has 160 valence electrons. The summed E-state index contributed by atoms with van der Waals surface area (Å²) in [5, 5.41) is 11.8. The number of hydrogen-bond donors (Lipinski definition) is 3. The number of hydrogen-bond acceptors (Lipinski definition) is 5. The van der Waals surface area contributed by atoms with Crippen molar-refractivity contribution in [3.63, 3.8) is 0 Å². The quantitative estimate of drug-likeness (QED) is 0.252. The first kappa shape index (κ1) is 21.4. The molecule has 3 aromatic rings. The van der Waals surface area contributed by atoms with Crippen LogP contribution in [0.2, 0.25) is 0 Å². The van der Waals surface area contributed by atoms with Gasteiger partial charge < -0.3 is 15.5 Å². The molecule has 4 nitrogen and oxygen atoms in total. The first-order chi connectivity index (χ1) is 15.1. The van der Waals surface area contributed by atoms with E-state index < -0.39 is 0 Å². The molecule has 0 bridgehead atoms. The molecule has 3 N–H and O–H groups in total. The van der Waals surface area contributed by atoms with Crippen LogP contribution >= 0.6 is 11.9 Å². The fourth-order valence-electron chi connectivity index (χ4n) is 3.24. The Balaban J connectivity index is 1.53. The molecule has 3 aromatic carbocycles. The van der Waals surface area contributed by atoms with E-state index in [4.69, 9.17) is 10.1 Å². The maximum Gasteiger partial charge on any atom is 0.140 e. The Labute approximate surface area is 186 Å². The van der Waals surface area contributed by atoms with E-state index in [0.717, 1.165) is 16.9 Å². The maximum atomic E-state index is 13.2. The van der Waals surface area contributed by atoms with Crippen molar-refractivity contribution in [3.8, 4) is 5.75 Å². The summed E-state index contributed by atoms with van der Waals surface area (Å²) in [5.41, 5.74) is 3.32. The summed E-state index contributed by atoms with van der Waals surface area (Å²) in [7, 11) is 0. The summed E-state index contributed by atoms with van der Waals surface area (Å²) in [6, 6.07) is 22.1. The average Bonchev–Trinajstić information content (AvgIpc) is 3.63. The molecule has 1 saturated carbocycles. The van der Waals surface area contributed by atoms with E-state index in [1.807, 2.05) is 36.4 Å². The summed E-state index contributed by atoms with van der Waals surface area (Å²) >= 11 is 1.79. The monoisotopic (exact) mass is 435 g/mol. The van der Waals surface area contributed by atoms with Crippen LogP contribution in [-0.4, -0.2) is 17.5 Å². The summed E-state index contributed by atoms with van der Waals surface area (Å²) in [6.45, 7) is 2.13. The van der Waals surface area contributed by atoms with Gasteiger partial charge in [-0.3, -0.25) is 4.72 Å². The third-order valence-electron chi connectivity index (χ3n) is 5.09. The number of anilines is 2. The Bertz CT molecular complexity index is 1010. The van der Waals surface area contributed by atoms with Gasteiger partial charge in [-0.05, 0) is 67.8 Å². The Kier molecular flexibility index (Phi) is 6.89. The second kappa shape index (κ2) is 9.98. The van der Waals surface area contributed by atoms with Gasteiger partial charge in [0.1, 0.15) is 17.7 Å². The number of rotatable bonds is 10. The standard InChI is InChI=1S/C25H26FN3OS/c1-17(29-31-23-12-13-23)25(18-5-3-2-4-6-18)30-22-11-14-24(19(15-22)16-27)28-21-9-7-20(26)8-10-21/h2-11,14-17,23,25,27-29H,12-13H2,1H3/t17?,25-/m0/s1. The third-order valence-corrected chi connectivity index (χ3v) is 6.40. The molecular weight excluding hydrogens is 409 g/mol. The lowest BCUT2D eigenvalue weighted by Crippen LogP contribution is -2.31. The van der Waals surface area contributed by atoms with Crippen LogP contribution in [0.5, 0.6) is 5.75 Å². The number of ether oxygens (including phenoxy) is 1. The van der Waals surface area contributed by atoms with Crippen molar-refractivity contribution in [2.45, 2.75) is 37.2 Å². The first-order valence-electron chi connectivity index (χ1n) is 10.4. The van der Waals surface area contributed by atoms with Crippen LogP contribution in [0.1, 0.15) is 37.0 Å². The van der Waals surface area contributed by atoms with E-state index in [0.29, 0.717) is 16.6 Å². The van der Waals surface area contributed by atoms with Crippen LogP contribution in [0.4, 0.5) is 15.8 Å². The number of nitrogens with one attached hydrogen (secondary N) is 3. The maximum absolute atomic E-state index is 13.2. The average molecular weight is 436 g/mol. The lowest BCUT2D eigenvalue weighted by molar-refractivity contribution is 0.174. The zero-order valence-corrected chi connectivity index (χ0v) is 18.2. The van der Waals surface area contributed by atoms with Gasteiger partial charge in [-0.2, -0.15) is 0 Å². The molecule has 0 radical (unpaired) electrons. The molecule has 0 aromatic heterocycles. The third kappa shape index (κ3) is 5.87. The minimum atomic E-state index is -0.281. The van der Waals surface area contributed by atoms with Gasteiger partial charge in [0.05, 0.1) is 6.04 Å². The molecule has 1 unspecified atom stereocenters. The van der Waals surface area contributed by atoms with Gasteiger partial charge in [0.25, 0.3) is 0 Å². The van der Waals surface area contributed by atoms with Crippen LogP contribution in [0, 0.1) is 11.2 Å². The van der Waals surface area contributed by atoms with Gasteiger partial charge in [-0.15, -0.1) is 0 Å². The largest absolute Gasteiger partial charge is 0.484 e. The van der Waals surface area contributed by atoms with Gasteiger partial charge in [0.2, 0.25) is 0 Å². The molecule has 31 heavy (non-hydrogen) atoms. The number of halogens is 1. The van der Waals surface area contributed by atoms with E-state index >= 15 is 0 Å². The van der Waals surface area contributed by atoms with Crippen LogP contribution in [0.15, 0.2) is 72.8 Å². The van der Waals surface area contributed by atoms with E-state index in [2.05, 4.69) is 29.1 Å². The van der Waals surface area contributed by atoms with Crippen LogP contribution in [0.3, 0.4) is 0 Å². The fraction of sp³-hybridized carbons (Fsp3) is 0.240. The molecule has 4 rings (SSSR count). The minimum Gasteiger partial charge on any atom is -0.484 e. The molecular formula is C25H26FN3OS. The summed E-state index contributed by atoms with van der Waals surface area (Å²) in [6.07, 6.45) is 3.67. The molecule has 0 saturated heterocycles. The van der Waals surface area contributed by atoms with Crippen molar-refractivity contribution >= 4 is 29.5 Å². The predicted octanol–water partition coefficient (Wildman–Crippen LogP) is 6.48. The summed E-state index contributed by atoms with van der Waals surface area (Å²) in [5.74, 6) is 0.415. The smallest absolute Gasteiger partial charge is 0.140 e. The Morgan fingerprint density at radius 1 is 1.06 bits per heavy atom. The summed E-state index contributed by atoms with van der Waals surface area (Å²) in [4.78, 5) is 0. The molecule has 1 aliphatic rings. The van der Waals surface area contributed by atoms with E-state index in [9.17, 15) is 4.39 Å². The highest BCUT2D eigenvalue weighted by molar-refractivity contribution is 7.98. The predicted molar refractivity (Wildman–Crippen MR) is 127 cm³/mol. The molecule has 6 heteroatoms. The highest BCUT2D eigenvalue weighted by Gasteiger charge is 2.26. The molecule has 0 heterocycles. The van der Waals surface area contributed by atoms with Crippen molar-refractivity contribution in [1.82, 2.24) is 4.72 Å². The van der Waals surface area contributed by atoms with Gasteiger partial charge >= 0.3 is 0 Å². The lowest BCUT2D eigenvalue weighted by atomic mass is 10.0. The zero-order valence-electron chi connectivity index (χ0n) is 17.3. The number of benzene rings is 3. The molecule has 1 fully saturated rings. The Hall–Kier alpha value is -2.83. The second-order valence-electron chi connectivity index (χ2n) is 7.70. The van der Waals surface area contributed by atoms with Crippen LogP contribution in [0.25, 0.3) is 0 Å². The van der Waals surface area contributed by atoms with Crippen molar-refractivity contribution in [2.24, 2.45) is 0 Å². The van der Waals surface area contributed by atoms with Crippen molar-refractivity contribution in [3.05, 3.63) is 89.7 Å². The first-order valence-corrected chi connectivity index (χ1v) is 11.3. The van der Waals surface area contributed by atoms with Gasteiger partial charge in [0.15, 0.2) is 0 Å². The molecule has 1 aliphatic carbocycles. The van der Waals surface area contributed by atoms with Gasteiger partial charge in [-0.1, -0.05) is 42.3 Å². The second-order valence-corrected chi connectivity index (χ2v) is 8.84. The van der Waals surface area contributed by atoms with Crippen molar-refractivity contribution < 1.29 is 9.13 Å². The van der Waals surface area contributed by atoms with Gasteiger partial charge in [-0.25, -0.2) is 4.39 Å². The summed E-state index contributed by atoms with van der Waals surface area (Å²) < 4.78 is 23.1. The van der Waals surface area contributed by atoms with Crippen molar-refractivity contribution in [1.29, 1.82) is 5.41 Å². The molecule has 0 amide bonds. The van der Waals surface area contributed by atoms with Crippen LogP contribution < -0.4 is 14.8 Å². The van der Waals surface area contributed by atoms with E-state index in [-0.39, 0.29) is 18.0 Å². The van der Waals surface area contributed by atoms with Crippen molar-refractivity contribution in [2.75, 3.05) is 5.32 Å². The Morgan fingerprint density at radius 2 is 1.81 bits per heavy atom. The SMILES string of the molecule is CC(NSC1CC1)[C@H](Oc1ccc(Nc2ccc(F)cc2)c(C=N)c1)c1ccccc1. The van der Waals surface area contributed by atoms with E-state index in [1.54, 1.807) is 24.1 Å². The lowest BCUT2D eigenvalue weighted by Gasteiger charge is -2.26. The minimum absolute atomic E-state index is 0.105. The normalized spacial score (nSPS) is 15.2. The molecule has 0 spiro atoms. The van der Waals surface area contributed by atoms with Crippen LogP contribution in [-0.2, 0) is 0 Å². The fourth-order valence-corrected chi connectivity index (χ4v) is 4.14. The highest BCUT2D eigenvalue weighted by Crippen LogP contribution is 2.34.